The summed E-state index contributed by atoms with van der Waals surface area (Å²) in [5.74, 6) is -0.453. The summed E-state index contributed by atoms with van der Waals surface area (Å²) < 4.78 is 11.2. The Morgan fingerprint density at radius 3 is 1.39 bits per heavy atom. The number of hydrogen-bond acceptors (Lipinski definition) is 7. The van der Waals surface area contributed by atoms with Crippen molar-refractivity contribution in [3.8, 4) is 23.0 Å². The molecule has 0 radical (unpaired) electrons. The van der Waals surface area contributed by atoms with E-state index in [1.807, 2.05) is 0 Å². The number of ether oxygens (including phenoxy) is 2. The lowest BCUT2D eigenvalue weighted by Gasteiger charge is -2.15. The second-order valence-electron chi connectivity index (χ2n) is 8.02. The maximum atomic E-state index is 12.7. The van der Waals surface area contributed by atoms with E-state index < -0.39 is 6.10 Å². The second-order valence-corrected chi connectivity index (χ2v) is 8.02. The van der Waals surface area contributed by atoms with Crippen LogP contribution in [0, 0.1) is 0 Å². The number of aliphatic hydroxyl groups is 1. The van der Waals surface area contributed by atoms with E-state index in [0.717, 1.165) is 0 Å². The van der Waals surface area contributed by atoms with E-state index in [4.69, 9.17) is 9.47 Å². The Morgan fingerprint density at radius 2 is 1.00 bits per heavy atom. The number of phenols is 2. The van der Waals surface area contributed by atoms with Gasteiger partial charge in [-0.1, -0.05) is 60.7 Å². The first kappa shape index (κ1) is 24.5. The zero-order valence-electron chi connectivity index (χ0n) is 19.2. The van der Waals surface area contributed by atoms with E-state index in [-0.39, 0.29) is 47.4 Å². The molecule has 4 rings (SSSR count). The van der Waals surface area contributed by atoms with Crippen LogP contribution in [0.3, 0.4) is 0 Å². The molecule has 0 saturated carbocycles. The molecule has 182 valence electrons. The summed E-state index contributed by atoms with van der Waals surface area (Å²) in [5, 5.41) is 30.6. The first-order valence-electron chi connectivity index (χ1n) is 11.2. The molecule has 0 aliphatic carbocycles. The van der Waals surface area contributed by atoms with Crippen LogP contribution >= 0.6 is 0 Å². The van der Waals surface area contributed by atoms with Crippen molar-refractivity contribution >= 4 is 11.6 Å². The number of phenolic OH excluding ortho intramolecular Hbond substituents is 2. The first-order valence-corrected chi connectivity index (χ1v) is 11.2. The number of ketones is 2. The average molecular weight is 485 g/mol. The molecule has 0 unspecified atom stereocenters. The number of carbonyl (C=O) groups is 2. The van der Waals surface area contributed by atoms with Crippen LogP contribution in [-0.4, -0.2) is 46.2 Å². The Balaban J connectivity index is 1.36. The minimum atomic E-state index is -1.03. The molecular weight excluding hydrogens is 460 g/mol. The molecule has 36 heavy (non-hydrogen) atoms. The molecule has 0 amide bonds. The monoisotopic (exact) mass is 484 g/mol. The van der Waals surface area contributed by atoms with Gasteiger partial charge in [-0.3, -0.25) is 9.59 Å². The fourth-order valence-corrected chi connectivity index (χ4v) is 3.50. The van der Waals surface area contributed by atoms with Crippen molar-refractivity contribution in [3.05, 3.63) is 119 Å². The highest BCUT2D eigenvalue weighted by molar-refractivity contribution is 6.11. The second kappa shape index (κ2) is 11.2. The molecule has 0 aliphatic heterocycles. The number of benzene rings is 4. The number of rotatable bonds is 10. The summed E-state index contributed by atoms with van der Waals surface area (Å²) in [7, 11) is 0. The minimum Gasteiger partial charge on any atom is -0.507 e. The molecule has 0 fully saturated rings. The van der Waals surface area contributed by atoms with Crippen LogP contribution in [0.2, 0.25) is 0 Å². The van der Waals surface area contributed by atoms with Crippen molar-refractivity contribution in [1.82, 2.24) is 0 Å². The summed E-state index contributed by atoms with van der Waals surface area (Å²) in [6.07, 6.45) is -1.03. The summed E-state index contributed by atoms with van der Waals surface area (Å²) in [4.78, 5) is 25.4. The van der Waals surface area contributed by atoms with Gasteiger partial charge in [0, 0.05) is 11.1 Å². The van der Waals surface area contributed by atoms with Gasteiger partial charge in [0.1, 0.15) is 42.3 Å². The van der Waals surface area contributed by atoms with Crippen LogP contribution in [0.1, 0.15) is 31.8 Å². The van der Waals surface area contributed by atoms with E-state index >= 15 is 0 Å². The van der Waals surface area contributed by atoms with Crippen LogP contribution in [0.5, 0.6) is 23.0 Å². The van der Waals surface area contributed by atoms with Crippen LogP contribution in [0.4, 0.5) is 0 Å². The molecule has 7 nitrogen and oxygen atoms in total. The predicted octanol–water partition coefficient (Wildman–Crippen LogP) is 4.38. The van der Waals surface area contributed by atoms with E-state index in [0.29, 0.717) is 22.6 Å². The number of aromatic hydroxyl groups is 2. The molecule has 3 N–H and O–H groups in total. The smallest absolute Gasteiger partial charge is 0.196 e. The Morgan fingerprint density at radius 1 is 0.611 bits per heavy atom. The third kappa shape index (κ3) is 5.89. The van der Waals surface area contributed by atoms with Gasteiger partial charge in [0.25, 0.3) is 0 Å². The SMILES string of the molecule is O=C(c1ccccc1)c1cc(OCC(O)COc2ccc(O)c(C(=O)c3ccccc3)c2)ccc1O. The number of hydrogen-bond donors (Lipinski definition) is 3. The quantitative estimate of drug-likeness (QED) is 0.286. The molecule has 0 atom stereocenters. The maximum Gasteiger partial charge on any atom is 0.196 e. The molecule has 0 saturated heterocycles. The fourth-order valence-electron chi connectivity index (χ4n) is 3.50. The van der Waals surface area contributed by atoms with Gasteiger partial charge in [-0.05, 0) is 36.4 Å². The van der Waals surface area contributed by atoms with Gasteiger partial charge >= 0.3 is 0 Å². The van der Waals surface area contributed by atoms with Gasteiger partial charge in [-0.15, -0.1) is 0 Å². The van der Waals surface area contributed by atoms with Gasteiger partial charge in [0.05, 0.1) is 11.1 Å². The van der Waals surface area contributed by atoms with Gasteiger partial charge in [0.2, 0.25) is 0 Å². The standard InChI is InChI=1S/C29H24O7/c30-21(17-35-22-11-13-26(31)24(15-22)28(33)19-7-3-1-4-8-19)18-36-23-12-14-27(32)25(16-23)29(34)20-9-5-2-6-10-20/h1-16,21,30-32H,17-18H2. The molecule has 0 bridgehead atoms. The van der Waals surface area contributed by atoms with Gasteiger partial charge < -0.3 is 24.8 Å². The maximum absolute atomic E-state index is 12.7. The Kier molecular flexibility index (Phi) is 7.63. The van der Waals surface area contributed by atoms with Gasteiger partial charge in [0.15, 0.2) is 11.6 Å². The molecule has 0 aromatic heterocycles. The van der Waals surface area contributed by atoms with E-state index in [9.17, 15) is 24.9 Å². The lowest BCUT2D eigenvalue weighted by Crippen LogP contribution is -2.25. The topological polar surface area (TPSA) is 113 Å². The Hall–Kier alpha value is -4.62. The Bertz CT molecular complexity index is 1250. The van der Waals surface area contributed by atoms with Crippen LogP contribution < -0.4 is 9.47 Å². The summed E-state index contributed by atoms with van der Waals surface area (Å²) >= 11 is 0. The number of carbonyl (C=O) groups excluding carboxylic acids is 2. The highest BCUT2D eigenvalue weighted by atomic mass is 16.5. The fraction of sp³-hybridized carbons (Fsp3) is 0.103. The Labute approximate surface area is 207 Å². The zero-order valence-corrected chi connectivity index (χ0v) is 19.2. The van der Waals surface area contributed by atoms with E-state index in [2.05, 4.69) is 0 Å². The molecule has 4 aromatic carbocycles. The summed E-state index contributed by atoms with van der Waals surface area (Å²) in [5.41, 5.74) is 1.03. The van der Waals surface area contributed by atoms with Crippen LogP contribution in [0.15, 0.2) is 97.1 Å². The predicted molar refractivity (Wildman–Crippen MR) is 133 cm³/mol. The van der Waals surface area contributed by atoms with Crippen molar-refractivity contribution in [2.75, 3.05) is 13.2 Å². The van der Waals surface area contributed by atoms with Crippen LogP contribution in [-0.2, 0) is 0 Å². The van der Waals surface area contributed by atoms with Crippen molar-refractivity contribution in [2.24, 2.45) is 0 Å². The highest BCUT2D eigenvalue weighted by Gasteiger charge is 2.17. The average Bonchev–Trinajstić information content (AvgIpc) is 2.92. The van der Waals surface area contributed by atoms with E-state index in [1.54, 1.807) is 60.7 Å². The summed E-state index contributed by atoms with van der Waals surface area (Å²) in [6.45, 7) is -0.282. The third-order valence-corrected chi connectivity index (χ3v) is 5.38. The van der Waals surface area contributed by atoms with E-state index in [1.165, 1.54) is 36.4 Å². The third-order valence-electron chi connectivity index (χ3n) is 5.38. The molecule has 7 heteroatoms. The first-order chi connectivity index (χ1) is 17.4. The number of aliphatic hydroxyl groups excluding tert-OH is 1. The van der Waals surface area contributed by atoms with Crippen molar-refractivity contribution in [1.29, 1.82) is 0 Å². The normalized spacial score (nSPS) is 10.7. The lowest BCUT2D eigenvalue weighted by atomic mass is 10.0. The molecule has 0 heterocycles. The largest absolute Gasteiger partial charge is 0.507 e. The molecule has 4 aromatic rings. The molecule has 0 aliphatic rings. The van der Waals surface area contributed by atoms with Crippen molar-refractivity contribution < 1.29 is 34.4 Å². The zero-order chi connectivity index (χ0) is 25.5. The molecular formula is C29H24O7. The highest BCUT2D eigenvalue weighted by Crippen LogP contribution is 2.27. The minimum absolute atomic E-state index is 0.0872. The van der Waals surface area contributed by atoms with Gasteiger partial charge in [-0.25, -0.2) is 0 Å². The van der Waals surface area contributed by atoms with Gasteiger partial charge in [-0.2, -0.15) is 0 Å². The summed E-state index contributed by atoms with van der Waals surface area (Å²) in [6, 6.07) is 25.6. The van der Waals surface area contributed by atoms with Crippen LogP contribution in [0.25, 0.3) is 0 Å². The van der Waals surface area contributed by atoms with Crippen molar-refractivity contribution in [2.45, 2.75) is 6.10 Å². The molecule has 0 spiro atoms. The lowest BCUT2D eigenvalue weighted by molar-refractivity contribution is 0.0625. The van der Waals surface area contributed by atoms with Crippen molar-refractivity contribution in [3.63, 3.8) is 0 Å².